The minimum Gasteiger partial charge on any atom is -0.321 e. The normalized spacial score (nSPS) is 22.9. The van der Waals surface area contributed by atoms with Gasteiger partial charge in [-0.2, -0.15) is 0 Å². The number of hydrogen-bond acceptors (Lipinski definition) is 1. The third-order valence-corrected chi connectivity index (χ3v) is 3.69. The van der Waals surface area contributed by atoms with Crippen LogP contribution >= 0.6 is 15.9 Å². The topological polar surface area (TPSA) is 26.0 Å². The minimum atomic E-state index is -0.108. The highest BCUT2D eigenvalue weighted by atomic mass is 79.9. The lowest BCUT2D eigenvalue weighted by Crippen LogP contribution is -2.53. The highest BCUT2D eigenvalue weighted by Crippen LogP contribution is 2.53. The van der Waals surface area contributed by atoms with Gasteiger partial charge in [0, 0.05) is 10.0 Å². The van der Waals surface area contributed by atoms with Gasteiger partial charge in [-0.3, -0.25) is 0 Å². The van der Waals surface area contributed by atoms with Crippen LogP contribution in [0.25, 0.3) is 0 Å². The van der Waals surface area contributed by atoms with Crippen molar-refractivity contribution in [3.05, 3.63) is 34.3 Å². The third-order valence-electron chi connectivity index (χ3n) is 3.00. The van der Waals surface area contributed by atoms with Crippen molar-refractivity contribution in [1.82, 2.24) is 0 Å². The van der Waals surface area contributed by atoms with Crippen molar-refractivity contribution < 1.29 is 0 Å². The highest BCUT2D eigenvalue weighted by Gasteiger charge is 2.47. The summed E-state index contributed by atoms with van der Waals surface area (Å²) in [7, 11) is 0. The van der Waals surface area contributed by atoms with Crippen molar-refractivity contribution >= 4 is 15.9 Å². The van der Waals surface area contributed by atoms with Crippen LogP contribution in [0, 0.1) is 5.41 Å². The van der Waals surface area contributed by atoms with Gasteiger partial charge < -0.3 is 5.73 Å². The average Bonchev–Trinajstić information content (AvgIpc) is 2.00. The van der Waals surface area contributed by atoms with E-state index in [9.17, 15) is 0 Å². The lowest BCUT2D eigenvalue weighted by molar-refractivity contribution is 0.0613. The van der Waals surface area contributed by atoms with Gasteiger partial charge in [-0.25, -0.2) is 0 Å². The van der Waals surface area contributed by atoms with E-state index in [2.05, 4.69) is 48.0 Å². The van der Waals surface area contributed by atoms with Crippen molar-refractivity contribution in [2.24, 2.45) is 11.1 Å². The van der Waals surface area contributed by atoms with E-state index in [-0.39, 0.29) is 5.54 Å². The smallest absolute Gasteiger partial charge is 0.0431 e. The maximum atomic E-state index is 6.37. The summed E-state index contributed by atoms with van der Waals surface area (Å²) in [5, 5.41) is 0. The quantitative estimate of drug-likeness (QED) is 0.816. The van der Waals surface area contributed by atoms with Crippen LogP contribution in [-0.2, 0) is 5.54 Å². The fourth-order valence-corrected chi connectivity index (χ4v) is 3.39. The van der Waals surface area contributed by atoms with E-state index in [0.717, 1.165) is 17.3 Å². The van der Waals surface area contributed by atoms with Crippen LogP contribution in [0.1, 0.15) is 32.3 Å². The second-order valence-electron chi connectivity index (χ2n) is 5.15. The van der Waals surface area contributed by atoms with Gasteiger partial charge in [-0.1, -0.05) is 48.0 Å². The van der Waals surface area contributed by atoms with Crippen molar-refractivity contribution in [1.29, 1.82) is 0 Å². The minimum absolute atomic E-state index is 0.108. The maximum Gasteiger partial charge on any atom is 0.0431 e. The van der Waals surface area contributed by atoms with E-state index in [4.69, 9.17) is 5.73 Å². The fourth-order valence-electron chi connectivity index (χ4n) is 2.71. The van der Waals surface area contributed by atoms with Crippen molar-refractivity contribution in [3.63, 3.8) is 0 Å². The van der Waals surface area contributed by atoms with Crippen LogP contribution < -0.4 is 5.73 Å². The molecule has 2 rings (SSSR count). The molecular weight excluding hydrogens is 238 g/mol. The SMILES string of the molecule is CC1(C)CC(N)(c2ccccc2Br)C1. The highest BCUT2D eigenvalue weighted by molar-refractivity contribution is 9.10. The largest absolute Gasteiger partial charge is 0.321 e. The van der Waals surface area contributed by atoms with Crippen LogP contribution in [-0.4, -0.2) is 0 Å². The molecule has 1 aliphatic rings. The number of halogens is 1. The molecule has 1 aromatic carbocycles. The first kappa shape index (κ1) is 10.2. The van der Waals surface area contributed by atoms with E-state index >= 15 is 0 Å². The Bertz CT molecular complexity index is 349. The van der Waals surface area contributed by atoms with E-state index in [1.165, 1.54) is 5.56 Å². The second-order valence-corrected chi connectivity index (χ2v) is 6.01. The van der Waals surface area contributed by atoms with Gasteiger partial charge in [0.05, 0.1) is 0 Å². The van der Waals surface area contributed by atoms with E-state index < -0.39 is 0 Å². The van der Waals surface area contributed by atoms with Gasteiger partial charge in [-0.15, -0.1) is 0 Å². The summed E-state index contributed by atoms with van der Waals surface area (Å²) in [5.41, 5.74) is 7.92. The monoisotopic (exact) mass is 253 g/mol. The van der Waals surface area contributed by atoms with Crippen LogP contribution in [0.2, 0.25) is 0 Å². The Morgan fingerprint density at radius 1 is 1.21 bits per heavy atom. The van der Waals surface area contributed by atoms with Gasteiger partial charge in [0.2, 0.25) is 0 Å². The average molecular weight is 254 g/mol. The molecule has 0 atom stereocenters. The zero-order valence-electron chi connectivity index (χ0n) is 8.68. The first-order chi connectivity index (χ1) is 6.43. The van der Waals surface area contributed by atoms with Gasteiger partial charge in [0.15, 0.2) is 0 Å². The van der Waals surface area contributed by atoms with Crippen molar-refractivity contribution in [3.8, 4) is 0 Å². The first-order valence-electron chi connectivity index (χ1n) is 4.97. The predicted octanol–water partition coefficient (Wildman–Crippen LogP) is 3.42. The predicted molar refractivity (Wildman–Crippen MR) is 63.0 cm³/mol. The molecule has 1 fully saturated rings. The third kappa shape index (κ3) is 1.61. The van der Waals surface area contributed by atoms with Crippen molar-refractivity contribution in [2.45, 2.75) is 32.2 Å². The molecule has 1 nitrogen and oxygen atoms in total. The molecule has 0 radical (unpaired) electrons. The van der Waals surface area contributed by atoms with Crippen LogP contribution in [0.5, 0.6) is 0 Å². The molecule has 76 valence electrons. The molecule has 0 saturated heterocycles. The molecular formula is C12H16BrN. The van der Waals surface area contributed by atoms with Crippen LogP contribution in [0.4, 0.5) is 0 Å². The molecule has 0 amide bonds. The Kier molecular flexibility index (Phi) is 2.24. The number of hydrogen-bond donors (Lipinski definition) is 1. The van der Waals surface area contributed by atoms with Gasteiger partial charge in [0.1, 0.15) is 0 Å². The molecule has 1 aromatic rings. The summed E-state index contributed by atoms with van der Waals surface area (Å²) in [4.78, 5) is 0. The van der Waals surface area contributed by atoms with E-state index in [1.807, 2.05) is 6.07 Å². The summed E-state index contributed by atoms with van der Waals surface area (Å²) < 4.78 is 1.14. The van der Waals surface area contributed by atoms with Crippen LogP contribution in [0.3, 0.4) is 0 Å². The molecule has 0 unspecified atom stereocenters. The zero-order chi connectivity index (χ0) is 10.4. The summed E-state index contributed by atoms with van der Waals surface area (Å²) in [6.07, 6.45) is 2.14. The Balaban J connectivity index is 2.30. The maximum absolute atomic E-state index is 6.37. The number of benzene rings is 1. The van der Waals surface area contributed by atoms with E-state index in [0.29, 0.717) is 5.41 Å². The molecule has 1 saturated carbocycles. The Labute approximate surface area is 93.8 Å². The molecule has 0 spiro atoms. The number of rotatable bonds is 1. The Morgan fingerprint density at radius 3 is 2.29 bits per heavy atom. The van der Waals surface area contributed by atoms with Crippen molar-refractivity contribution in [2.75, 3.05) is 0 Å². The molecule has 2 N–H and O–H groups in total. The standard InChI is InChI=1S/C12H16BrN/c1-11(2)7-12(14,8-11)9-5-3-4-6-10(9)13/h3-6H,7-8,14H2,1-2H3. The number of nitrogens with two attached hydrogens (primary N) is 1. The van der Waals surface area contributed by atoms with Crippen LogP contribution in [0.15, 0.2) is 28.7 Å². The zero-order valence-corrected chi connectivity index (χ0v) is 10.3. The summed E-state index contributed by atoms with van der Waals surface area (Å²) in [6, 6.07) is 8.27. The molecule has 0 heterocycles. The lowest BCUT2D eigenvalue weighted by Gasteiger charge is -2.51. The van der Waals surface area contributed by atoms with Gasteiger partial charge >= 0.3 is 0 Å². The summed E-state index contributed by atoms with van der Waals surface area (Å²) >= 11 is 3.56. The first-order valence-corrected chi connectivity index (χ1v) is 5.76. The molecule has 1 aliphatic carbocycles. The lowest BCUT2D eigenvalue weighted by atomic mass is 9.57. The Hall–Kier alpha value is -0.340. The fraction of sp³-hybridized carbons (Fsp3) is 0.500. The Morgan fingerprint density at radius 2 is 1.79 bits per heavy atom. The molecule has 0 aromatic heterocycles. The summed E-state index contributed by atoms with van der Waals surface area (Å²) in [6.45, 7) is 4.55. The molecule has 2 heteroatoms. The molecule has 0 bridgehead atoms. The van der Waals surface area contributed by atoms with Gasteiger partial charge in [-0.05, 0) is 29.9 Å². The molecule has 0 aliphatic heterocycles. The second kappa shape index (κ2) is 3.07. The van der Waals surface area contributed by atoms with E-state index in [1.54, 1.807) is 0 Å². The summed E-state index contributed by atoms with van der Waals surface area (Å²) in [5.74, 6) is 0. The van der Waals surface area contributed by atoms with Gasteiger partial charge in [0.25, 0.3) is 0 Å². The molecule has 14 heavy (non-hydrogen) atoms.